The molecule has 0 saturated heterocycles. The lowest BCUT2D eigenvalue weighted by Crippen LogP contribution is -2.54. The number of hydrogen-bond acceptors (Lipinski definition) is 4. The summed E-state index contributed by atoms with van der Waals surface area (Å²) in [6, 6.07) is 6.29. The quantitative estimate of drug-likeness (QED) is 0.347. The third-order valence-electron chi connectivity index (χ3n) is 2.81. The predicted molar refractivity (Wildman–Crippen MR) is 65.2 cm³/mol. The Hall–Kier alpha value is -3.02. The van der Waals surface area contributed by atoms with Crippen molar-refractivity contribution in [3.63, 3.8) is 0 Å². The van der Waals surface area contributed by atoms with Crippen LogP contribution in [0.1, 0.15) is 10.4 Å². The molecule has 1 aliphatic rings. The number of ketones is 1. The van der Waals surface area contributed by atoms with E-state index >= 15 is 0 Å². The first-order valence-corrected chi connectivity index (χ1v) is 5.13. The van der Waals surface area contributed by atoms with Crippen molar-refractivity contribution in [2.45, 2.75) is 5.66 Å². The average Bonchev–Trinajstić information content (AvgIpc) is 2.43. The number of para-hydroxylation sites is 1. The van der Waals surface area contributed by atoms with Crippen LogP contribution < -0.4 is 4.90 Å². The van der Waals surface area contributed by atoms with Gasteiger partial charge in [-0.15, -0.1) is 0 Å². The first-order chi connectivity index (χ1) is 9.08. The zero-order valence-electron chi connectivity index (χ0n) is 9.76. The van der Waals surface area contributed by atoms with E-state index in [1.54, 1.807) is 18.2 Å². The first kappa shape index (κ1) is 12.4. The van der Waals surface area contributed by atoms with Gasteiger partial charge in [-0.25, -0.2) is 0 Å². The van der Waals surface area contributed by atoms with Gasteiger partial charge in [-0.3, -0.25) is 9.59 Å². The Kier molecular flexibility index (Phi) is 2.84. The fourth-order valence-electron chi connectivity index (χ4n) is 1.91. The Labute approximate surface area is 106 Å². The van der Waals surface area contributed by atoms with Crippen LogP contribution >= 0.6 is 0 Å². The van der Waals surface area contributed by atoms with Gasteiger partial charge in [-0.2, -0.15) is 0 Å². The lowest BCUT2D eigenvalue weighted by molar-refractivity contribution is -0.121. The van der Waals surface area contributed by atoms with E-state index in [1.807, 2.05) is 0 Å². The van der Waals surface area contributed by atoms with E-state index in [0.717, 1.165) is 4.90 Å². The molecule has 9 nitrogen and oxygen atoms in total. The summed E-state index contributed by atoms with van der Waals surface area (Å²) in [7, 11) is 1.40. The maximum Gasteiger partial charge on any atom is 0.267 e. The standard InChI is InChI=1S/C10H7N7O2/c1-17-7-5-3-2-4-6(7)8(18)10(9(17)19,13-15-11)14-16-12/h2-5H,1H3. The van der Waals surface area contributed by atoms with Crippen molar-refractivity contribution in [2.75, 3.05) is 11.9 Å². The van der Waals surface area contributed by atoms with Gasteiger partial charge in [-0.1, -0.05) is 22.4 Å². The molecule has 0 unspecified atom stereocenters. The molecule has 0 aromatic heterocycles. The summed E-state index contributed by atoms with van der Waals surface area (Å²) in [6.45, 7) is 0. The minimum Gasteiger partial charge on any atom is -0.314 e. The summed E-state index contributed by atoms with van der Waals surface area (Å²) >= 11 is 0. The molecule has 0 spiro atoms. The van der Waals surface area contributed by atoms with Gasteiger partial charge in [0.25, 0.3) is 11.6 Å². The molecule has 9 heteroatoms. The number of nitrogens with zero attached hydrogens (tertiary/aromatic N) is 7. The van der Waals surface area contributed by atoms with Crippen molar-refractivity contribution in [1.29, 1.82) is 0 Å². The van der Waals surface area contributed by atoms with Gasteiger partial charge in [0.15, 0.2) is 5.78 Å². The highest BCUT2D eigenvalue weighted by Gasteiger charge is 2.51. The van der Waals surface area contributed by atoms with Crippen LogP contribution in [-0.2, 0) is 4.79 Å². The fraction of sp³-hybridized carbons (Fsp3) is 0.200. The third kappa shape index (κ3) is 1.58. The number of amides is 1. The van der Waals surface area contributed by atoms with Gasteiger partial charge >= 0.3 is 0 Å². The van der Waals surface area contributed by atoms with Crippen LogP contribution in [0.3, 0.4) is 0 Å². The van der Waals surface area contributed by atoms with E-state index in [4.69, 9.17) is 11.1 Å². The van der Waals surface area contributed by atoms with Crippen LogP contribution in [0.5, 0.6) is 0 Å². The van der Waals surface area contributed by atoms with Gasteiger partial charge in [0.05, 0.1) is 5.69 Å². The second kappa shape index (κ2) is 4.34. The monoisotopic (exact) mass is 257 g/mol. The number of anilines is 1. The van der Waals surface area contributed by atoms with Crippen LogP contribution in [0.25, 0.3) is 20.9 Å². The molecule has 1 heterocycles. The minimum absolute atomic E-state index is 0.157. The number of carbonyl (C=O) groups excluding carboxylic acids is 2. The van der Waals surface area contributed by atoms with Gasteiger partial charge < -0.3 is 4.90 Å². The summed E-state index contributed by atoms with van der Waals surface area (Å²) in [5, 5.41) is 6.27. The maximum atomic E-state index is 12.3. The van der Waals surface area contributed by atoms with E-state index < -0.39 is 17.4 Å². The Bertz CT molecular complexity index is 652. The summed E-state index contributed by atoms with van der Waals surface area (Å²) in [5.74, 6) is -1.71. The van der Waals surface area contributed by atoms with E-state index in [9.17, 15) is 9.59 Å². The molecule has 94 valence electrons. The number of likely N-dealkylation sites (N-methyl/N-ethyl adjacent to an activating group) is 1. The predicted octanol–water partition coefficient (Wildman–Crippen LogP) is 2.16. The van der Waals surface area contributed by atoms with Crippen molar-refractivity contribution < 1.29 is 9.59 Å². The lowest BCUT2D eigenvalue weighted by Gasteiger charge is -2.33. The molecule has 0 radical (unpaired) electrons. The Balaban J connectivity index is 2.80. The van der Waals surface area contributed by atoms with Crippen molar-refractivity contribution in [2.24, 2.45) is 10.2 Å². The van der Waals surface area contributed by atoms with Crippen LogP contribution in [0.15, 0.2) is 34.5 Å². The first-order valence-electron chi connectivity index (χ1n) is 5.13. The van der Waals surface area contributed by atoms with Gasteiger partial charge in [0.2, 0.25) is 0 Å². The highest BCUT2D eigenvalue weighted by molar-refractivity contribution is 6.27. The molecular formula is C10H7N7O2. The molecule has 19 heavy (non-hydrogen) atoms. The SMILES string of the molecule is CN1C(=O)C(N=[N+]=[N-])(N=[N+]=[N-])C(=O)c2ccccc21. The third-order valence-corrected chi connectivity index (χ3v) is 2.81. The van der Waals surface area contributed by atoms with E-state index in [2.05, 4.69) is 20.1 Å². The van der Waals surface area contributed by atoms with Crippen LogP contribution in [0.2, 0.25) is 0 Å². The van der Waals surface area contributed by atoms with Crippen LogP contribution in [0.4, 0.5) is 5.69 Å². The Morgan fingerprint density at radius 3 is 2.32 bits per heavy atom. The van der Waals surface area contributed by atoms with E-state index in [0.29, 0.717) is 5.69 Å². The van der Waals surface area contributed by atoms with Crippen LogP contribution in [-0.4, -0.2) is 24.4 Å². The zero-order chi connectivity index (χ0) is 14.0. The van der Waals surface area contributed by atoms with E-state index in [-0.39, 0.29) is 5.56 Å². The molecule has 1 aromatic carbocycles. The molecule has 0 saturated carbocycles. The zero-order valence-corrected chi connectivity index (χ0v) is 9.76. The summed E-state index contributed by atoms with van der Waals surface area (Å²) in [4.78, 5) is 30.5. The largest absolute Gasteiger partial charge is 0.314 e. The topological polar surface area (TPSA) is 135 Å². The lowest BCUT2D eigenvalue weighted by atomic mass is 9.91. The summed E-state index contributed by atoms with van der Waals surface area (Å²) < 4.78 is 0. The minimum atomic E-state index is -2.42. The highest BCUT2D eigenvalue weighted by atomic mass is 16.2. The molecular weight excluding hydrogens is 250 g/mol. The molecule has 0 atom stereocenters. The van der Waals surface area contributed by atoms with Gasteiger partial charge in [0.1, 0.15) is 0 Å². The molecule has 0 bridgehead atoms. The molecule has 1 amide bonds. The normalized spacial score (nSPS) is 21.2. The van der Waals surface area contributed by atoms with Crippen molar-refractivity contribution in [3.05, 3.63) is 50.7 Å². The number of Topliss-reactive ketones (excluding diaryl/α,β-unsaturated/α-hetero) is 1. The number of azide groups is 1. The second-order valence-electron chi connectivity index (χ2n) is 3.76. The molecule has 0 aliphatic carbocycles. The summed E-state index contributed by atoms with van der Waals surface area (Å²) in [5.41, 5.74) is 15.2. The number of rotatable bonds is 2. The molecule has 2 rings (SSSR count). The number of carbonyl (C=O) groups is 2. The molecule has 1 aliphatic heterocycles. The second-order valence-corrected chi connectivity index (χ2v) is 3.76. The maximum absolute atomic E-state index is 12.3. The number of fused-ring (bicyclic) bond motifs is 1. The highest BCUT2D eigenvalue weighted by Crippen LogP contribution is 2.35. The average molecular weight is 257 g/mol. The van der Waals surface area contributed by atoms with Crippen molar-refractivity contribution in [1.82, 2.24) is 0 Å². The van der Waals surface area contributed by atoms with Crippen molar-refractivity contribution >= 4 is 17.4 Å². The van der Waals surface area contributed by atoms with Crippen molar-refractivity contribution in [3.8, 4) is 0 Å². The van der Waals surface area contributed by atoms with Gasteiger partial charge in [-0.05, 0) is 23.2 Å². The molecule has 0 N–H and O–H groups in total. The Morgan fingerprint density at radius 1 is 1.16 bits per heavy atom. The smallest absolute Gasteiger partial charge is 0.267 e. The van der Waals surface area contributed by atoms with Crippen LogP contribution in [0, 0.1) is 0 Å². The van der Waals surface area contributed by atoms with E-state index in [1.165, 1.54) is 13.1 Å². The molecule has 0 fully saturated rings. The number of hydrogen-bond donors (Lipinski definition) is 0. The Morgan fingerprint density at radius 2 is 1.74 bits per heavy atom. The summed E-state index contributed by atoms with van der Waals surface area (Å²) in [6.07, 6.45) is 0. The molecule has 1 aromatic rings. The number of benzene rings is 1. The van der Waals surface area contributed by atoms with Gasteiger partial charge in [0, 0.05) is 22.4 Å². The fourth-order valence-corrected chi connectivity index (χ4v) is 1.91.